The maximum atomic E-state index is 9.02. The van der Waals surface area contributed by atoms with E-state index in [9.17, 15) is 0 Å². The van der Waals surface area contributed by atoms with Gasteiger partial charge >= 0.3 is 0 Å². The zero-order valence-electron chi connectivity index (χ0n) is 8.04. The van der Waals surface area contributed by atoms with Crippen LogP contribution in [0.25, 0.3) is 0 Å². The minimum Gasteiger partial charge on any atom is -0.396 e. The van der Waals surface area contributed by atoms with Gasteiger partial charge in [0.15, 0.2) is 5.79 Å². The Bertz CT molecular complexity index is 141. The Morgan fingerprint density at radius 2 is 2.25 bits per heavy atom. The van der Waals surface area contributed by atoms with Gasteiger partial charge in [0, 0.05) is 12.5 Å². The molecular formula is C9H18O3. The van der Waals surface area contributed by atoms with E-state index in [-0.39, 0.29) is 18.6 Å². The van der Waals surface area contributed by atoms with E-state index in [2.05, 4.69) is 6.92 Å². The van der Waals surface area contributed by atoms with E-state index in [1.165, 1.54) is 0 Å². The molecule has 1 fully saturated rings. The van der Waals surface area contributed by atoms with Gasteiger partial charge in [0.25, 0.3) is 0 Å². The molecule has 3 nitrogen and oxygen atoms in total. The van der Waals surface area contributed by atoms with E-state index in [1.54, 1.807) is 0 Å². The summed E-state index contributed by atoms with van der Waals surface area (Å²) in [5.41, 5.74) is 0. The minimum absolute atomic E-state index is 0.0648. The van der Waals surface area contributed by atoms with Gasteiger partial charge in [0.1, 0.15) is 0 Å². The van der Waals surface area contributed by atoms with Crippen molar-refractivity contribution in [1.82, 2.24) is 0 Å². The van der Waals surface area contributed by atoms with Crippen LogP contribution in [0.4, 0.5) is 0 Å². The van der Waals surface area contributed by atoms with Crippen molar-refractivity contribution < 1.29 is 14.6 Å². The van der Waals surface area contributed by atoms with E-state index >= 15 is 0 Å². The standard InChI is InChI=1S/C9H18O3/c1-4-7(5-10)8-6-11-9(2,3)12-8/h7-8,10H,4-6H2,1-3H3/t7-,8+/m0/s1. The smallest absolute Gasteiger partial charge is 0.163 e. The second kappa shape index (κ2) is 3.73. The van der Waals surface area contributed by atoms with Crippen LogP contribution in [0.5, 0.6) is 0 Å². The first-order valence-electron chi connectivity index (χ1n) is 4.51. The van der Waals surface area contributed by atoms with Gasteiger partial charge in [-0.3, -0.25) is 0 Å². The summed E-state index contributed by atoms with van der Waals surface area (Å²) in [6.07, 6.45) is 0.996. The number of hydrogen-bond donors (Lipinski definition) is 1. The van der Waals surface area contributed by atoms with Gasteiger partial charge in [-0.15, -0.1) is 0 Å². The first kappa shape index (κ1) is 9.96. The van der Waals surface area contributed by atoms with Crippen LogP contribution in [0.2, 0.25) is 0 Å². The van der Waals surface area contributed by atoms with Crippen LogP contribution in [0, 0.1) is 5.92 Å². The third-order valence-electron chi connectivity index (χ3n) is 2.32. The van der Waals surface area contributed by atoms with Crippen molar-refractivity contribution in [3.8, 4) is 0 Å². The fourth-order valence-electron chi connectivity index (χ4n) is 1.46. The number of ether oxygens (including phenoxy) is 2. The van der Waals surface area contributed by atoms with Crippen LogP contribution in [0.3, 0.4) is 0 Å². The Balaban J connectivity index is 2.45. The maximum absolute atomic E-state index is 9.02. The van der Waals surface area contributed by atoms with Crippen molar-refractivity contribution in [1.29, 1.82) is 0 Å². The summed E-state index contributed by atoms with van der Waals surface area (Å²) in [5, 5.41) is 9.02. The third-order valence-corrected chi connectivity index (χ3v) is 2.32. The summed E-state index contributed by atoms with van der Waals surface area (Å²) >= 11 is 0. The Kier molecular flexibility index (Phi) is 3.09. The van der Waals surface area contributed by atoms with Crippen molar-refractivity contribution in [3.05, 3.63) is 0 Å². The molecule has 1 heterocycles. The molecule has 3 heteroatoms. The summed E-state index contributed by atoms with van der Waals surface area (Å²) in [5.74, 6) is -0.250. The Morgan fingerprint density at radius 3 is 2.58 bits per heavy atom. The number of aliphatic hydroxyl groups excluding tert-OH is 1. The molecule has 1 aliphatic heterocycles. The lowest BCUT2D eigenvalue weighted by atomic mass is 10.0. The molecule has 12 heavy (non-hydrogen) atoms. The quantitative estimate of drug-likeness (QED) is 0.697. The summed E-state index contributed by atoms with van der Waals surface area (Å²) in [6, 6.07) is 0. The molecule has 1 rings (SSSR count). The van der Waals surface area contributed by atoms with Gasteiger partial charge in [-0.05, 0) is 20.3 Å². The molecule has 0 aromatic carbocycles. The molecule has 1 saturated heterocycles. The lowest BCUT2D eigenvalue weighted by Gasteiger charge is -2.21. The van der Waals surface area contributed by atoms with E-state index in [0.717, 1.165) is 6.42 Å². The Hall–Kier alpha value is -0.120. The molecule has 72 valence electrons. The van der Waals surface area contributed by atoms with Crippen LogP contribution in [-0.2, 0) is 9.47 Å². The number of hydrogen-bond acceptors (Lipinski definition) is 3. The normalized spacial score (nSPS) is 30.5. The molecule has 0 aliphatic carbocycles. The summed E-state index contributed by atoms with van der Waals surface area (Å²) in [7, 11) is 0. The van der Waals surface area contributed by atoms with Crippen LogP contribution in [-0.4, -0.2) is 30.2 Å². The van der Waals surface area contributed by atoms with Gasteiger partial charge in [0.2, 0.25) is 0 Å². The van der Waals surface area contributed by atoms with E-state index in [1.807, 2.05) is 13.8 Å². The Morgan fingerprint density at radius 1 is 1.58 bits per heavy atom. The predicted molar refractivity (Wildman–Crippen MR) is 45.8 cm³/mol. The Labute approximate surface area is 73.7 Å². The number of aliphatic hydroxyl groups is 1. The highest BCUT2D eigenvalue weighted by Gasteiger charge is 2.36. The van der Waals surface area contributed by atoms with E-state index in [4.69, 9.17) is 14.6 Å². The molecular weight excluding hydrogens is 156 g/mol. The average molecular weight is 174 g/mol. The molecule has 1 N–H and O–H groups in total. The molecule has 0 spiro atoms. The fraction of sp³-hybridized carbons (Fsp3) is 1.00. The van der Waals surface area contributed by atoms with Crippen molar-refractivity contribution >= 4 is 0 Å². The summed E-state index contributed by atoms with van der Waals surface area (Å²) < 4.78 is 11.0. The van der Waals surface area contributed by atoms with Gasteiger partial charge < -0.3 is 14.6 Å². The third kappa shape index (κ3) is 2.19. The van der Waals surface area contributed by atoms with Crippen molar-refractivity contribution in [2.45, 2.75) is 39.1 Å². The molecule has 0 amide bonds. The maximum Gasteiger partial charge on any atom is 0.163 e. The van der Waals surface area contributed by atoms with Crippen LogP contribution in [0.15, 0.2) is 0 Å². The highest BCUT2D eigenvalue weighted by atomic mass is 16.7. The van der Waals surface area contributed by atoms with E-state index < -0.39 is 5.79 Å². The second-order valence-corrected chi connectivity index (χ2v) is 3.72. The van der Waals surface area contributed by atoms with Crippen molar-refractivity contribution in [2.24, 2.45) is 5.92 Å². The molecule has 0 saturated carbocycles. The molecule has 0 aromatic heterocycles. The summed E-state index contributed by atoms with van der Waals surface area (Å²) in [4.78, 5) is 0. The molecule has 0 aromatic rings. The minimum atomic E-state index is -0.465. The highest BCUT2D eigenvalue weighted by Crippen LogP contribution is 2.27. The largest absolute Gasteiger partial charge is 0.396 e. The monoisotopic (exact) mass is 174 g/mol. The summed E-state index contributed by atoms with van der Waals surface area (Å²) in [6.45, 7) is 6.64. The molecule has 0 bridgehead atoms. The lowest BCUT2D eigenvalue weighted by Crippen LogP contribution is -2.28. The molecule has 1 aliphatic rings. The van der Waals surface area contributed by atoms with Crippen molar-refractivity contribution in [2.75, 3.05) is 13.2 Å². The topological polar surface area (TPSA) is 38.7 Å². The fourth-order valence-corrected chi connectivity index (χ4v) is 1.46. The van der Waals surface area contributed by atoms with Gasteiger partial charge in [-0.2, -0.15) is 0 Å². The van der Waals surface area contributed by atoms with Gasteiger partial charge in [-0.1, -0.05) is 6.92 Å². The lowest BCUT2D eigenvalue weighted by molar-refractivity contribution is -0.146. The number of rotatable bonds is 3. The van der Waals surface area contributed by atoms with E-state index in [0.29, 0.717) is 6.61 Å². The van der Waals surface area contributed by atoms with Crippen LogP contribution < -0.4 is 0 Å². The highest BCUT2D eigenvalue weighted by molar-refractivity contribution is 4.76. The first-order chi connectivity index (χ1) is 5.59. The zero-order valence-corrected chi connectivity index (χ0v) is 8.04. The van der Waals surface area contributed by atoms with Gasteiger partial charge in [0.05, 0.1) is 12.7 Å². The van der Waals surface area contributed by atoms with Crippen LogP contribution >= 0.6 is 0 Å². The SMILES string of the molecule is CC[C@@H](CO)[C@H]1COC(C)(C)O1. The first-order valence-corrected chi connectivity index (χ1v) is 4.51. The molecule has 2 atom stereocenters. The molecule has 0 radical (unpaired) electrons. The van der Waals surface area contributed by atoms with Crippen LogP contribution in [0.1, 0.15) is 27.2 Å². The van der Waals surface area contributed by atoms with Crippen molar-refractivity contribution in [3.63, 3.8) is 0 Å². The zero-order chi connectivity index (χ0) is 9.19. The van der Waals surface area contributed by atoms with Gasteiger partial charge in [-0.25, -0.2) is 0 Å². The average Bonchev–Trinajstić information content (AvgIpc) is 2.34. The molecule has 0 unspecified atom stereocenters. The predicted octanol–water partition coefficient (Wildman–Crippen LogP) is 1.16. The second-order valence-electron chi connectivity index (χ2n) is 3.72.